The third-order valence-corrected chi connectivity index (χ3v) is 11.8. The van der Waals surface area contributed by atoms with E-state index in [1.807, 2.05) is 60.7 Å². The highest BCUT2D eigenvalue weighted by Gasteiger charge is 2.28. The van der Waals surface area contributed by atoms with Crippen LogP contribution in [0.5, 0.6) is 0 Å². The molecule has 0 radical (unpaired) electrons. The summed E-state index contributed by atoms with van der Waals surface area (Å²) in [6.45, 7) is 8.92. The predicted octanol–water partition coefficient (Wildman–Crippen LogP) is 15.0. The van der Waals surface area contributed by atoms with E-state index < -0.39 is 0 Å². The average molecular weight is 763 g/mol. The zero-order valence-corrected chi connectivity index (χ0v) is 32.4. The van der Waals surface area contributed by atoms with Crippen molar-refractivity contribution in [1.29, 1.82) is 5.26 Å². The number of hydrogen-bond acceptors (Lipinski definition) is 1. The maximum Gasteiger partial charge on any atom is 0.203 e. The van der Waals surface area contributed by atoms with Crippen LogP contribution in [0.15, 0.2) is 206 Å². The van der Waals surface area contributed by atoms with Crippen LogP contribution in [0, 0.1) is 17.9 Å². The van der Waals surface area contributed by atoms with E-state index in [-0.39, 0.29) is 0 Å². The fraction of sp³-hybridized carbons (Fsp3) is 0. The second-order valence-electron chi connectivity index (χ2n) is 15.0. The Morgan fingerprint density at radius 2 is 0.650 bits per heavy atom. The van der Waals surface area contributed by atoms with E-state index in [1.165, 1.54) is 21.5 Å². The van der Waals surface area contributed by atoms with E-state index in [0.717, 1.165) is 77.9 Å². The smallest absolute Gasteiger partial charge is 0.203 e. The van der Waals surface area contributed by atoms with E-state index in [4.69, 9.17) is 6.57 Å². The Morgan fingerprint density at radius 3 is 1.00 bits per heavy atom. The van der Waals surface area contributed by atoms with Crippen LogP contribution in [0.3, 0.4) is 0 Å². The van der Waals surface area contributed by atoms with Crippen LogP contribution < -0.4 is 0 Å². The summed E-state index contributed by atoms with van der Waals surface area (Å²) in [6.07, 6.45) is 0. The quantitative estimate of drug-likeness (QED) is 0.155. The first-order chi connectivity index (χ1) is 29.7. The monoisotopic (exact) mass is 762 g/mol. The molecule has 0 N–H and O–H groups in total. The molecule has 0 unspecified atom stereocenters. The molecule has 0 aliphatic carbocycles. The highest BCUT2D eigenvalue weighted by Crippen LogP contribution is 2.53. The molecule has 4 nitrogen and oxygen atoms in total. The van der Waals surface area contributed by atoms with Gasteiger partial charge in [-0.1, -0.05) is 158 Å². The van der Waals surface area contributed by atoms with Gasteiger partial charge in [-0.15, -0.1) is 0 Å². The number of nitriles is 1. The van der Waals surface area contributed by atoms with Crippen LogP contribution in [0.1, 0.15) is 5.56 Å². The molecule has 278 valence electrons. The molecule has 4 heteroatoms. The molecule has 0 atom stereocenters. The number of fused-ring (bicyclic) bond motifs is 6. The molecular weight excluding hydrogens is 729 g/mol. The van der Waals surface area contributed by atoms with Crippen molar-refractivity contribution in [3.05, 3.63) is 223 Å². The molecule has 0 fully saturated rings. The summed E-state index contributed by atoms with van der Waals surface area (Å²) >= 11 is 0. The largest absolute Gasteiger partial charge is 0.309 e. The molecule has 0 aliphatic heterocycles. The van der Waals surface area contributed by atoms with Gasteiger partial charge in [-0.3, -0.25) is 0 Å². The van der Waals surface area contributed by atoms with Gasteiger partial charge in [0.05, 0.1) is 34.2 Å². The Labute approximate surface area is 347 Å². The molecular formula is C56H34N4. The average Bonchev–Trinajstić information content (AvgIpc) is 3.84. The summed E-state index contributed by atoms with van der Waals surface area (Å²) in [4.78, 5) is 4.38. The van der Waals surface area contributed by atoms with E-state index in [1.54, 1.807) is 0 Å². The van der Waals surface area contributed by atoms with Gasteiger partial charge in [-0.2, -0.15) is 5.26 Å². The number of para-hydroxylation sites is 4. The van der Waals surface area contributed by atoms with Gasteiger partial charge in [0.1, 0.15) is 6.07 Å². The van der Waals surface area contributed by atoms with Crippen molar-refractivity contribution in [3.8, 4) is 62.0 Å². The molecule has 0 amide bonds. The zero-order chi connectivity index (χ0) is 40.2. The van der Waals surface area contributed by atoms with Gasteiger partial charge in [0.25, 0.3) is 0 Å². The van der Waals surface area contributed by atoms with Crippen LogP contribution in [-0.4, -0.2) is 9.13 Å². The Balaban J connectivity index is 1.16. The third-order valence-electron chi connectivity index (χ3n) is 11.8. The van der Waals surface area contributed by atoms with Crippen molar-refractivity contribution in [2.75, 3.05) is 0 Å². The van der Waals surface area contributed by atoms with Crippen molar-refractivity contribution in [1.82, 2.24) is 9.13 Å². The van der Waals surface area contributed by atoms with Crippen LogP contribution >= 0.6 is 0 Å². The van der Waals surface area contributed by atoms with Crippen molar-refractivity contribution >= 4 is 49.3 Å². The maximum absolute atomic E-state index is 11.4. The highest BCUT2D eigenvalue weighted by molar-refractivity contribution is 6.12. The second-order valence-corrected chi connectivity index (χ2v) is 15.0. The summed E-state index contributed by atoms with van der Waals surface area (Å²) in [5.41, 5.74) is 14.0. The molecule has 9 aromatic carbocycles. The van der Waals surface area contributed by atoms with E-state index >= 15 is 0 Å². The number of rotatable bonds is 6. The Kier molecular flexibility index (Phi) is 8.22. The van der Waals surface area contributed by atoms with Crippen molar-refractivity contribution in [2.24, 2.45) is 0 Å². The Morgan fingerprint density at radius 1 is 0.350 bits per heavy atom. The van der Waals surface area contributed by atoms with Crippen LogP contribution in [0.2, 0.25) is 0 Å². The van der Waals surface area contributed by atoms with Gasteiger partial charge < -0.3 is 9.13 Å². The molecule has 0 spiro atoms. The molecule has 11 rings (SSSR count). The SMILES string of the molecule is [C-]#[N+]c1c(-c2ccccc2)c(-c2ccc(-n3c4ccccc4c4ccccc43)cc2)c(C#N)c(-c2ccccc2)c1-c1ccc(-n2c3ccccc3c3ccccc32)cc1. The summed E-state index contributed by atoms with van der Waals surface area (Å²) < 4.78 is 4.59. The number of aromatic nitrogens is 2. The van der Waals surface area contributed by atoms with Crippen molar-refractivity contribution in [2.45, 2.75) is 0 Å². The zero-order valence-electron chi connectivity index (χ0n) is 32.4. The molecule has 11 aromatic rings. The molecule has 0 bridgehead atoms. The lowest BCUT2D eigenvalue weighted by Gasteiger charge is -2.23. The second kappa shape index (κ2) is 14.2. The van der Waals surface area contributed by atoms with Gasteiger partial charge in [0.2, 0.25) is 5.69 Å². The first kappa shape index (κ1) is 34.8. The maximum atomic E-state index is 11.4. The fourth-order valence-corrected chi connectivity index (χ4v) is 9.27. The molecule has 2 heterocycles. The third kappa shape index (κ3) is 5.37. The van der Waals surface area contributed by atoms with Crippen LogP contribution in [-0.2, 0) is 0 Å². The minimum absolute atomic E-state index is 0.505. The number of nitrogens with zero attached hydrogens (tertiary/aromatic N) is 4. The number of benzene rings is 9. The molecule has 60 heavy (non-hydrogen) atoms. The van der Waals surface area contributed by atoms with Gasteiger partial charge in [-0.25, -0.2) is 4.85 Å². The first-order valence-electron chi connectivity index (χ1n) is 20.0. The summed E-state index contributed by atoms with van der Waals surface area (Å²) in [6, 6.07) is 73.7. The molecule has 0 saturated carbocycles. The predicted molar refractivity (Wildman–Crippen MR) is 248 cm³/mol. The van der Waals surface area contributed by atoms with Crippen LogP contribution in [0.25, 0.3) is 104 Å². The van der Waals surface area contributed by atoms with Gasteiger partial charge >= 0.3 is 0 Å². The lowest BCUT2D eigenvalue weighted by atomic mass is 9.80. The normalized spacial score (nSPS) is 11.3. The minimum Gasteiger partial charge on any atom is -0.309 e. The molecule has 0 saturated heterocycles. The minimum atomic E-state index is 0.505. The Hall–Kier alpha value is -8.44. The summed E-state index contributed by atoms with van der Waals surface area (Å²) in [5, 5.41) is 16.2. The lowest BCUT2D eigenvalue weighted by Crippen LogP contribution is -2.00. The summed E-state index contributed by atoms with van der Waals surface area (Å²) in [5.74, 6) is 0. The molecule has 2 aromatic heterocycles. The molecule has 0 aliphatic rings. The number of hydrogen-bond donors (Lipinski definition) is 0. The van der Waals surface area contributed by atoms with Gasteiger partial charge in [0.15, 0.2) is 0 Å². The van der Waals surface area contributed by atoms with Crippen molar-refractivity contribution < 1.29 is 0 Å². The van der Waals surface area contributed by atoms with E-state index in [9.17, 15) is 5.26 Å². The van der Waals surface area contributed by atoms with Crippen molar-refractivity contribution in [3.63, 3.8) is 0 Å². The standard InChI is InChI=1S/C56H34N4/c1-58-56-54(38-18-6-3-7-19-38)53(39-28-32-41(33-29-39)59-48-24-12-8-20-43(48)44-21-9-13-25-49(44)59)47(36-57)52(37-16-4-2-5-17-37)55(56)40-30-34-42(35-31-40)60-50-26-14-10-22-45(50)46-23-11-15-27-51(46)60/h2-35H. The Bertz CT molecular complexity index is 3180. The van der Waals surface area contributed by atoms with Gasteiger partial charge in [-0.05, 0) is 93.0 Å². The first-order valence-corrected chi connectivity index (χ1v) is 20.0. The van der Waals surface area contributed by atoms with Gasteiger partial charge in [0, 0.05) is 32.9 Å². The van der Waals surface area contributed by atoms with E-state index in [2.05, 4.69) is 166 Å². The summed E-state index contributed by atoms with van der Waals surface area (Å²) in [7, 11) is 0. The lowest BCUT2D eigenvalue weighted by molar-refractivity contribution is 1.18. The van der Waals surface area contributed by atoms with Crippen LogP contribution in [0.4, 0.5) is 5.69 Å². The topological polar surface area (TPSA) is 38.0 Å². The fourth-order valence-electron chi connectivity index (χ4n) is 9.27. The van der Waals surface area contributed by atoms with E-state index in [0.29, 0.717) is 11.3 Å². The highest BCUT2D eigenvalue weighted by atomic mass is 15.0.